The molecule has 0 aliphatic heterocycles. The van der Waals surface area contributed by atoms with Crippen LogP contribution in [0.3, 0.4) is 0 Å². The maximum atomic E-state index is 13.4. The highest BCUT2D eigenvalue weighted by molar-refractivity contribution is 9.10. The van der Waals surface area contributed by atoms with Gasteiger partial charge in [0.05, 0.1) is 16.4 Å². The van der Waals surface area contributed by atoms with Crippen molar-refractivity contribution in [1.82, 2.24) is 14.9 Å². The number of carbonyl (C=O) groups excluding carboxylic acids is 1. The first-order valence-electron chi connectivity index (χ1n) is 9.15. The van der Waals surface area contributed by atoms with Gasteiger partial charge in [0.25, 0.3) is 0 Å². The molecule has 1 aliphatic rings. The van der Waals surface area contributed by atoms with Crippen molar-refractivity contribution in [1.29, 1.82) is 0 Å². The van der Waals surface area contributed by atoms with E-state index in [0.29, 0.717) is 13.0 Å². The summed E-state index contributed by atoms with van der Waals surface area (Å²) in [5.74, 6) is 0.648. The van der Waals surface area contributed by atoms with Crippen LogP contribution in [-0.4, -0.2) is 22.0 Å². The second-order valence-electron chi connectivity index (χ2n) is 7.17. The number of halogens is 2. The molecule has 0 spiro atoms. The molecule has 1 fully saturated rings. The van der Waals surface area contributed by atoms with Crippen LogP contribution < -0.4 is 5.32 Å². The van der Waals surface area contributed by atoms with Gasteiger partial charge in [0, 0.05) is 24.5 Å². The Morgan fingerprint density at radius 3 is 2.67 bits per heavy atom. The number of hydrogen-bond donors (Lipinski definition) is 1. The Morgan fingerprint density at radius 1 is 1.26 bits per heavy atom. The molecule has 1 N–H and O–H groups in total. The summed E-state index contributed by atoms with van der Waals surface area (Å²) in [5.41, 5.74) is 2.20. The third-order valence-corrected chi connectivity index (χ3v) is 6.14. The summed E-state index contributed by atoms with van der Waals surface area (Å²) in [5, 5.41) is 3.09. The van der Waals surface area contributed by atoms with Gasteiger partial charge < -0.3 is 9.88 Å². The molecule has 4 rings (SSSR count). The average Bonchev–Trinajstić information content (AvgIpc) is 2.91. The number of nitrogens with zero attached hydrogens (tertiary/aromatic N) is 2. The van der Waals surface area contributed by atoms with Gasteiger partial charge in [0.1, 0.15) is 11.6 Å². The van der Waals surface area contributed by atoms with Crippen molar-refractivity contribution in [2.24, 2.45) is 7.05 Å². The van der Waals surface area contributed by atoms with Gasteiger partial charge in [-0.2, -0.15) is 0 Å². The molecule has 0 atom stereocenters. The number of nitrogens with one attached hydrogen (secondary N) is 1. The Hall–Kier alpha value is -2.21. The minimum Gasteiger partial charge on any atom is -0.355 e. The second-order valence-corrected chi connectivity index (χ2v) is 8.08. The van der Waals surface area contributed by atoms with Crippen molar-refractivity contribution in [3.05, 3.63) is 64.1 Å². The Bertz CT molecular complexity index is 993. The summed E-state index contributed by atoms with van der Waals surface area (Å²) < 4.78 is 16.3. The second kappa shape index (κ2) is 7.08. The van der Waals surface area contributed by atoms with Crippen molar-refractivity contribution in [2.75, 3.05) is 6.54 Å². The third-order valence-electron chi connectivity index (χ3n) is 5.61. The first kappa shape index (κ1) is 18.2. The molecule has 0 saturated heterocycles. The zero-order valence-corrected chi connectivity index (χ0v) is 16.7. The van der Waals surface area contributed by atoms with Gasteiger partial charge in [-0.15, -0.1) is 0 Å². The molecule has 1 aromatic heterocycles. The molecule has 1 heterocycles. The molecule has 3 aromatic rings. The van der Waals surface area contributed by atoms with Gasteiger partial charge in [0.2, 0.25) is 5.91 Å². The molecule has 1 aliphatic carbocycles. The predicted octanol–water partition coefficient (Wildman–Crippen LogP) is 4.26. The van der Waals surface area contributed by atoms with Gasteiger partial charge in [-0.05, 0) is 48.7 Å². The van der Waals surface area contributed by atoms with E-state index in [4.69, 9.17) is 0 Å². The molecule has 0 unspecified atom stereocenters. The molecule has 4 nitrogen and oxygen atoms in total. The first-order chi connectivity index (χ1) is 13.0. The van der Waals surface area contributed by atoms with Crippen LogP contribution in [-0.2, 0) is 23.7 Å². The number of hydrogen-bond acceptors (Lipinski definition) is 2. The third kappa shape index (κ3) is 3.27. The van der Waals surface area contributed by atoms with Crippen molar-refractivity contribution in [3.63, 3.8) is 0 Å². The number of aromatic nitrogens is 2. The highest BCUT2D eigenvalue weighted by Crippen LogP contribution is 2.44. The van der Waals surface area contributed by atoms with Gasteiger partial charge in [0.15, 0.2) is 0 Å². The highest BCUT2D eigenvalue weighted by atomic mass is 79.9. The number of carbonyl (C=O) groups is 1. The lowest BCUT2D eigenvalue weighted by Gasteiger charge is -2.40. The van der Waals surface area contributed by atoms with E-state index in [1.54, 1.807) is 6.07 Å². The van der Waals surface area contributed by atoms with Crippen LogP contribution in [0.1, 0.15) is 30.7 Å². The minimum atomic E-state index is -0.407. The fourth-order valence-corrected chi connectivity index (χ4v) is 4.10. The van der Waals surface area contributed by atoms with E-state index in [1.807, 2.05) is 35.9 Å². The molecule has 1 saturated carbocycles. The molecular weight excluding hydrogens is 409 g/mol. The summed E-state index contributed by atoms with van der Waals surface area (Å²) in [6.45, 7) is 0.511. The van der Waals surface area contributed by atoms with E-state index >= 15 is 0 Å². The lowest BCUT2D eigenvalue weighted by molar-refractivity contribution is -0.129. The lowest BCUT2D eigenvalue weighted by Crippen LogP contribution is -2.49. The summed E-state index contributed by atoms with van der Waals surface area (Å²) in [6.07, 6.45) is 3.44. The Balaban J connectivity index is 1.45. The van der Waals surface area contributed by atoms with Crippen molar-refractivity contribution < 1.29 is 9.18 Å². The normalized spacial score (nSPS) is 15.5. The maximum absolute atomic E-state index is 13.4. The van der Waals surface area contributed by atoms with E-state index in [1.165, 1.54) is 12.1 Å². The molecule has 140 valence electrons. The zero-order chi connectivity index (χ0) is 19.0. The van der Waals surface area contributed by atoms with Crippen LogP contribution in [0.5, 0.6) is 0 Å². The monoisotopic (exact) mass is 429 g/mol. The number of rotatable bonds is 5. The maximum Gasteiger partial charge on any atom is 0.230 e. The van der Waals surface area contributed by atoms with Gasteiger partial charge in [-0.25, -0.2) is 9.37 Å². The van der Waals surface area contributed by atoms with Crippen molar-refractivity contribution in [3.8, 4) is 0 Å². The van der Waals surface area contributed by atoms with Crippen LogP contribution in [0.4, 0.5) is 4.39 Å². The summed E-state index contributed by atoms with van der Waals surface area (Å²) >= 11 is 3.45. The standard InChI is InChI=1S/C21H21BrFN3O/c1-26-18-13-16(23)7-8-17(18)25-19(26)9-12-24-20(27)21(10-2-11-21)14-3-5-15(22)6-4-14/h3-8,13H,2,9-12H2,1H3,(H,24,27). The fraction of sp³-hybridized carbons (Fsp3) is 0.333. The van der Waals surface area contributed by atoms with Gasteiger partial charge >= 0.3 is 0 Å². The predicted molar refractivity (Wildman–Crippen MR) is 107 cm³/mol. The van der Waals surface area contributed by atoms with E-state index in [0.717, 1.165) is 46.2 Å². The van der Waals surface area contributed by atoms with Crippen LogP contribution >= 0.6 is 15.9 Å². The fourth-order valence-electron chi connectivity index (χ4n) is 3.84. The van der Waals surface area contributed by atoms with Crippen molar-refractivity contribution in [2.45, 2.75) is 31.1 Å². The smallest absolute Gasteiger partial charge is 0.230 e. The Morgan fingerprint density at radius 2 is 2.00 bits per heavy atom. The lowest BCUT2D eigenvalue weighted by atomic mass is 9.64. The molecule has 2 aromatic carbocycles. The Labute approximate surface area is 165 Å². The molecular formula is C21H21BrFN3O. The molecule has 0 bridgehead atoms. The van der Waals surface area contributed by atoms with Crippen LogP contribution in [0.15, 0.2) is 46.9 Å². The number of imidazole rings is 1. The summed E-state index contributed by atoms with van der Waals surface area (Å²) in [6, 6.07) is 12.6. The summed E-state index contributed by atoms with van der Waals surface area (Å²) in [4.78, 5) is 17.5. The molecule has 6 heteroatoms. The van der Waals surface area contributed by atoms with Gasteiger partial charge in [-0.1, -0.05) is 34.5 Å². The van der Waals surface area contributed by atoms with E-state index in [9.17, 15) is 9.18 Å². The minimum absolute atomic E-state index is 0.0841. The first-order valence-corrected chi connectivity index (χ1v) is 9.94. The van der Waals surface area contributed by atoms with Crippen LogP contribution in [0, 0.1) is 5.82 Å². The van der Waals surface area contributed by atoms with Gasteiger partial charge in [-0.3, -0.25) is 4.79 Å². The van der Waals surface area contributed by atoms with E-state index < -0.39 is 5.41 Å². The number of fused-ring (bicyclic) bond motifs is 1. The van der Waals surface area contributed by atoms with Crippen molar-refractivity contribution >= 4 is 32.9 Å². The number of amides is 1. The van der Waals surface area contributed by atoms with E-state index in [2.05, 4.69) is 26.2 Å². The topological polar surface area (TPSA) is 46.9 Å². The van der Waals surface area contributed by atoms with Crippen LogP contribution in [0.25, 0.3) is 11.0 Å². The summed E-state index contributed by atoms with van der Waals surface area (Å²) in [7, 11) is 1.88. The molecule has 1 amide bonds. The quantitative estimate of drug-likeness (QED) is 0.658. The molecule has 0 radical (unpaired) electrons. The number of aryl methyl sites for hydroxylation is 1. The molecule has 27 heavy (non-hydrogen) atoms. The SMILES string of the molecule is Cn1c(CCNC(=O)C2(c3ccc(Br)cc3)CCC2)nc2ccc(F)cc21. The Kier molecular flexibility index (Phi) is 4.76. The number of benzene rings is 2. The average molecular weight is 430 g/mol. The highest BCUT2D eigenvalue weighted by Gasteiger charge is 2.45. The van der Waals surface area contributed by atoms with E-state index in [-0.39, 0.29) is 11.7 Å². The van der Waals surface area contributed by atoms with Crippen LogP contribution in [0.2, 0.25) is 0 Å². The zero-order valence-electron chi connectivity index (χ0n) is 15.1. The largest absolute Gasteiger partial charge is 0.355 e.